The molecule has 0 aliphatic heterocycles. The van der Waals surface area contributed by atoms with E-state index in [9.17, 15) is 18.4 Å². The lowest BCUT2D eigenvalue weighted by Gasteiger charge is -2.25. The zero-order chi connectivity index (χ0) is 24.2. The predicted molar refractivity (Wildman–Crippen MR) is 120 cm³/mol. The van der Waals surface area contributed by atoms with Gasteiger partial charge in [-0.05, 0) is 68.7 Å². The van der Waals surface area contributed by atoms with Crippen molar-refractivity contribution < 1.29 is 23.1 Å². The number of hydrogen-bond donors (Lipinski definition) is 2. The summed E-state index contributed by atoms with van der Waals surface area (Å²) in [6, 6.07) is 12.7. The van der Waals surface area contributed by atoms with Gasteiger partial charge >= 0.3 is 6.09 Å². The monoisotopic (exact) mass is 453 g/mol. The van der Waals surface area contributed by atoms with Gasteiger partial charge in [-0.1, -0.05) is 24.3 Å². The van der Waals surface area contributed by atoms with Crippen LogP contribution in [0, 0.1) is 11.6 Å². The number of pyridine rings is 1. The van der Waals surface area contributed by atoms with Crippen LogP contribution in [0.1, 0.15) is 48.4 Å². The van der Waals surface area contributed by atoms with Crippen LogP contribution < -0.4 is 11.1 Å². The summed E-state index contributed by atoms with van der Waals surface area (Å²) in [4.78, 5) is 28.7. The summed E-state index contributed by atoms with van der Waals surface area (Å²) in [7, 11) is 0. The number of nitrogens with one attached hydrogen (secondary N) is 1. The Balaban J connectivity index is 2.06. The van der Waals surface area contributed by atoms with Gasteiger partial charge in [0.1, 0.15) is 17.2 Å². The number of hydrogen-bond acceptors (Lipinski definition) is 4. The molecule has 33 heavy (non-hydrogen) atoms. The fraction of sp³-hybridized carbons (Fsp3) is 0.240. The summed E-state index contributed by atoms with van der Waals surface area (Å²) in [5.41, 5.74) is 6.42. The van der Waals surface area contributed by atoms with Crippen LogP contribution >= 0.6 is 0 Å². The van der Waals surface area contributed by atoms with Gasteiger partial charge in [0.2, 0.25) is 0 Å². The molecular weight excluding hydrogens is 428 g/mol. The number of benzene rings is 2. The number of amides is 2. The number of primary amides is 1. The van der Waals surface area contributed by atoms with Gasteiger partial charge in [0.25, 0.3) is 5.91 Å². The number of alkyl carbamates (subject to hydrolysis) is 1. The van der Waals surface area contributed by atoms with E-state index in [0.717, 1.165) is 6.07 Å². The Labute approximate surface area is 190 Å². The first-order valence-corrected chi connectivity index (χ1v) is 10.3. The van der Waals surface area contributed by atoms with Crippen molar-refractivity contribution in [3.8, 4) is 11.1 Å². The molecule has 1 heterocycles. The minimum Gasteiger partial charge on any atom is -0.444 e. The van der Waals surface area contributed by atoms with E-state index >= 15 is 0 Å². The first kappa shape index (κ1) is 23.8. The number of ether oxygens (including phenoxy) is 1. The molecule has 3 rings (SSSR count). The fourth-order valence-corrected chi connectivity index (χ4v) is 3.39. The molecule has 0 unspecified atom stereocenters. The zero-order valence-corrected chi connectivity index (χ0v) is 18.6. The van der Waals surface area contributed by atoms with Gasteiger partial charge in [-0.25, -0.2) is 13.6 Å². The first-order valence-electron chi connectivity index (χ1n) is 10.3. The predicted octanol–water partition coefficient (Wildman–Crippen LogP) is 4.93. The van der Waals surface area contributed by atoms with E-state index in [-0.39, 0.29) is 12.0 Å². The Kier molecular flexibility index (Phi) is 7.06. The van der Waals surface area contributed by atoms with Crippen molar-refractivity contribution in [2.45, 2.75) is 38.8 Å². The third-order valence-corrected chi connectivity index (χ3v) is 4.73. The highest BCUT2D eigenvalue weighted by Gasteiger charge is 2.24. The summed E-state index contributed by atoms with van der Waals surface area (Å²) in [5.74, 6) is -2.04. The van der Waals surface area contributed by atoms with E-state index in [1.807, 2.05) is 0 Å². The van der Waals surface area contributed by atoms with Crippen LogP contribution in [-0.4, -0.2) is 22.6 Å². The first-order chi connectivity index (χ1) is 15.5. The molecule has 0 saturated carbocycles. The van der Waals surface area contributed by atoms with Gasteiger partial charge in [-0.2, -0.15) is 0 Å². The normalized spacial score (nSPS) is 12.2. The van der Waals surface area contributed by atoms with Crippen molar-refractivity contribution in [3.63, 3.8) is 0 Å². The van der Waals surface area contributed by atoms with Crippen LogP contribution in [0.15, 0.2) is 60.8 Å². The minimum atomic E-state index is -0.900. The van der Waals surface area contributed by atoms with Crippen molar-refractivity contribution in [2.75, 3.05) is 0 Å². The van der Waals surface area contributed by atoms with Gasteiger partial charge < -0.3 is 15.8 Å². The maximum atomic E-state index is 14.0. The highest BCUT2D eigenvalue weighted by atomic mass is 19.1. The highest BCUT2D eigenvalue weighted by Crippen LogP contribution is 2.30. The molecule has 0 aliphatic carbocycles. The second-order valence-electron chi connectivity index (χ2n) is 8.53. The Hall–Kier alpha value is -3.81. The van der Waals surface area contributed by atoms with Gasteiger partial charge in [0, 0.05) is 11.8 Å². The van der Waals surface area contributed by atoms with E-state index in [4.69, 9.17) is 10.5 Å². The zero-order valence-electron chi connectivity index (χ0n) is 18.6. The summed E-state index contributed by atoms with van der Waals surface area (Å²) in [6.07, 6.45) is 1.09. The van der Waals surface area contributed by atoms with Gasteiger partial charge in [0.05, 0.1) is 17.3 Å². The molecule has 3 aromatic rings. The number of carbonyl (C=O) groups excluding carboxylic acids is 2. The third kappa shape index (κ3) is 6.35. The van der Waals surface area contributed by atoms with Crippen LogP contribution in [0.3, 0.4) is 0 Å². The van der Waals surface area contributed by atoms with E-state index < -0.39 is 35.3 Å². The third-order valence-electron chi connectivity index (χ3n) is 4.73. The average molecular weight is 453 g/mol. The Morgan fingerprint density at radius 3 is 2.52 bits per heavy atom. The van der Waals surface area contributed by atoms with Gasteiger partial charge in [-0.3, -0.25) is 9.78 Å². The lowest BCUT2D eigenvalue weighted by atomic mass is 9.94. The quantitative estimate of drug-likeness (QED) is 0.553. The number of nitrogens with two attached hydrogens (primary N) is 1. The molecule has 0 bridgehead atoms. The molecule has 0 radical (unpaired) electrons. The minimum absolute atomic E-state index is 0.213. The van der Waals surface area contributed by atoms with Crippen LogP contribution in [0.2, 0.25) is 0 Å². The molecule has 2 amide bonds. The van der Waals surface area contributed by atoms with Crippen molar-refractivity contribution in [1.82, 2.24) is 10.3 Å². The van der Waals surface area contributed by atoms with Gasteiger partial charge in [-0.15, -0.1) is 0 Å². The maximum Gasteiger partial charge on any atom is 0.408 e. The SMILES string of the molecule is CC(C)(C)OC(=O)N[C@@H](Cc1cccc(F)c1)c1ncccc1-c1ccc(F)c(C(N)=O)c1. The fourth-order valence-electron chi connectivity index (χ4n) is 3.39. The number of halogens is 2. The van der Waals surface area contributed by atoms with E-state index in [0.29, 0.717) is 22.4 Å². The molecule has 2 aromatic carbocycles. The molecule has 0 saturated heterocycles. The van der Waals surface area contributed by atoms with E-state index in [1.54, 1.807) is 51.2 Å². The number of carbonyl (C=O) groups is 2. The van der Waals surface area contributed by atoms with Crippen LogP contribution in [0.4, 0.5) is 13.6 Å². The lowest BCUT2D eigenvalue weighted by Crippen LogP contribution is -2.36. The summed E-state index contributed by atoms with van der Waals surface area (Å²) in [5, 5.41) is 2.80. The Bertz CT molecular complexity index is 1180. The molecule has 1 atom stereocenters. The molecule has 3 N–H and O–H groups in total. The molecule has 0 aliphatic rings. The Morgan fingerprint density at radius 2 is 1.85 bits per heavy atom. The smallest absolute Gasteiger partial charge is 0.408 e. The summed E-state index contributed by atoms with van der Waals surface area (Å²) in [6.45, 7) is 5.22. The van der Waals surface area contributed by atoms with Crippen molar-refractivity contribution in [3.05, 3.63) is 89.2 Å². The molecule has 1 aromatic heterocycles. The standard InChI is InChI=1S/C25H25F2N3O3/c1-25(2,3)33-24(32)30-21(13-15-6-4-7-17(26)12-15)22-18(8-5-11-29-22)16-9-10-20(27)19(14-16)23(28)31/h4-12,14,21H,13H2,1-3H3,(H2,28,31)(H,30,32)/t21-/m0/s1. The molecule has 0 fully saturated rings. The van der Waals surface area contributed by atoms with Crippen LogP contribution in [0.25, 0.3) is 11.1 Å². The lowest BCUT2D eigenvalue weighted by molar-refractivity contribution is 0.0502. The second kappa shape index (κ2) is 9.77. The second-order valence-corrected chi connectivity index (χ2v) is 8.53. The number of aromatic nitrogens is 1. The van der Waals surface area contributed by atoms with Gasteiger partial charge in [0.15, 0.2) is 0 Å². The van der Waals surface area contributed by atoms with E-state index in [2.05, 4.69) is 10.3 Å². The maximum absolute atomic E-state index is 14.0. The number of rotatable bonds is 6. The average Bonchev–Trinajstić information content (AvgIpc) is 2.72. The largest absolute Gasteiger partial charge is 0.444 e. The topological polar surface area (TPSA) is 94.3 Å². The van der Waals surface area contributed by atoms with Crippen molar-refractivity contribution in [2.24, 2.45) is 5.73 Å². The van der Waals surface area contributed by atoms with Crippen LogP contribution in [-0.2, 0) is 11.2 Å². The summed E-state index contributed by atoms with van der Waals surface area (Å²) >= 11 is 0. The molecule has 8 heteroatoms. The molecule has 0 spiro atoms. The van der Waals surface area contributed by atoms with Crippen LogP contribution in [0.5, 0.6) is 0 Å². The molecule has 6 nitrogen and oxygen atoms in total. The number of nitrogens with zero attached hydrogens (tertiary/aromatic N) is 1. The molecule has 172 valence electrons. The summed E-state index contributed by atoms with van der Waals surface area (Å²) < 4.78 is 33.2. The van der Waals surface area contributed by atoms with Crippen molar-refractivity contribution >= 4 is 12.0 Å². The Morgan fingerprint density at radius 1 is 1.09 bits per heavy atom. The van der Waals surface area contributed by atoms with E-state index in [1.165, 1.54) is 24.3 Å². The van der Waals surface area contributed by atoms with Crippen molar-refractivity contribution in [1.29, 1.82) is 0 Å². The highest BCUT2D eigenvalue weighted by molar-refractivity contribution is 5.94. The molecular formula is C25H25F2N3O3.